The Morgan fingerprint density at radius 1 is 1.13 bits per heavy atom. The van der Waals surface area contributed by atoms with Crippen molar-refractivity contribution < 1.29 is 17.6 Å². The molecule has 2 aromatic heterocycles. The van der Waals surface area contributed by atoms with Gasteiger partial charge in [0.2, 0.25) is 5.95 Å². The van der Waals surface area contributed by atoms with Gasteiger partial charge < -0.3 is 10.6 Å². The SMILES string of the molecule is CNc1nc(Nc2cnn([C@@H]3CCN(C4CCCC4)C[C@H]3F)c2)ncc1C(F)(F)F. The van der Waals surface area contributed by atoms with Gasteiger partial charge in [-0.15, -0.1) is 0 Å². The van der Waals surface area contributed by atoms with E-state index in [1.165, 1.54) is 26.1 Å². The minimum atomic E-state index is -4.55. The number of hydrogen-bond donors (Lipinski definition) is 2. The van der Waals surface area contributed by atoms with E-state index in [2.05, 4.69) is 30.6 Å². The first-order valence-corrected chi connectivity index (χ1v) is 10.2. The lowest BCUT2D eigenvalue weighted by atomic mass is 10.0. The van der Waals surface area contributed by atoms with E-state index in [-0.39, 0.29) is 17.8 Å². The van der Waals surface area contributed by atoms with Gasteiger partial charge in [0, 0.05) is 38.6 Å². The molecule has 1 saturated heterocycles. The summed E-state index contributed by atoms with van der Waals surface area (Å²) in [5, 5.41) is 9.52. The molecular weight excluding hydrogens is 402 g/mol. The average molecular weight is 427 g/mol. The largest absolute Gasteiger partial charge is 0.421 e. The van der Waals surface area contributed by atoms with Crippen molar-refractivity contribution in [3.63, 3.8) is 0 Å². The zero-order valence-electron chi connectivity index (χ0n) is 16.7. The zero-order valence-corrected chi connectivity index (χ0v) is 16.7. The van der Waals surface area contributed by atoms with Crippen LogP contribution in [-0.2, 0) is 6.18 Å². The van der Waals surface area contributed by atoms with Crippen molar-refractivity contribution in [3.05, 3.63) is 24.2 Å². The molecule has 2 aromatic rings. The van der Waals surface area contributed by atoms with E-state index in [9.17, 15) is 17.6 Å². The Bertz CT molecular complexity index is 863. The minimum Gasteiger partial charge on any atom is -0.372 e. The molecule has 164 valence electrons. The predicted octanol–water partition coefficient (Wildman–Crippen LogP) is 4.00. The molecule has 2 fully saturated rings. The summed E-state index contributed by atoms with van der Waals surface area (Å²) in [4.78, 5) is 9.87. The van der Waals surface area contributed by atoms with Crippen LogP contribution in [0.3, 0.4) is 0 Å². The van der Waals surface area contributed by atoms with Gasteiger partial charge in [-0.05, 0) is 19.3 Å². The van der Waals surface area contributed by atoms with Crippen LogP contribution in [0.4, 0.5) is 35.0 Å². The fourth-order valence-electron chi connectivity index (χ4n) is 4.37. The number of nitrogens with zero attached hydrogens (tertiary/aromatic N) is 5. The zero-order chi connectivity index (χ0) is 21.3. The standard InChI is InChI=1S/C19H25F4N7/c1-24-17-14(19(21,22)23)9-25-18(28-17)27-12-8-26-30(10-12)16-6-7-29(11-15(16)20)13-4-2-3-5-13/h8-10,13,15-16H,2-7,11H2,1H3,(H2,24,25,27,28)/t15-,16-/m1/s1. The molecule has 11 heteroatoms. The Labute approximate surface area is 171 Å². The third-order valence-corrected chi connectivity index (χ3v) is 5.91. The number of alkyl halides is 4. The minimum absolute atomic E-state index is 0.000230. The van der Waals surface area contributed by atoms with Gasteiger partial charge in [0.15, 0.2) is 0 Å². The number of anilines is 3. The number of aromatic nitrogens is 4. The number of nitrogens with one attached hydrogen (secondary N) is 2. The average Bonchev–Trinajstić information content (AvgIpc) is 3.39. The first kappa shape index (κ1) is 20.8. The topological polar surface area (TPSA) is 70.9 Å². The molecule has 0 bridgehead atoms. The molecule has 0 radical (unpaired) electrons. The van der Waals surface area contributed by atoms with Gasteiger partial charge in [0.1, 0.15) is 17.6 Å². The lowest BCUT2D eigenvalue weighted by Crippen LogP contribution is -2.46. The second-order valence-corrected chi connectivity index (χ2v) is 7.84. The second-order valence-electron chi connectivity index (χ2n) is 7.84. The van der Waals surface area contributed by atoms with Crippen LogP contribution in [0, 0.1) is 0 Å². The monoisotopic (exact) mass is 427 g/mol. The van der Waals surface area contributed by atoms with E-state index in [0.29, 0.717) is 24.7 Å². The Kier molecular flexibility index (Phi) is 5.81. The summed E-state index contributed by atoms with van der Waals surface area (Å²) >= 11 is 0. The first-order valence-electron chi connectivity index (χ1n) is 10.2. The highest BCUT2D eigenvalue weighted by molar-refractivity contribution is 5.55. The van der Waals surface area contributed by atoms with E-state index in [0.717, 1.165) is 25.6 Å². The quantitative estimate of drug-likeness (QED) is 0.703. The van der Waals surface area contributed by atoms with E-state index >= 15 is 0 Å². The molecule has 0 spiro atoms. The number of likely N-dealkylation sites (tertiary alicyclic amines) is 1. The molecule has 7 nitrogen and oxygen atoms in total. The fourth-order valence-corrected chi connectivity index (χ4v) is 4.37. The molecule has 0 unspecified atom stereocenters. The fraction of sp³-hybridized carbons (Fsp3) is 0.632. The Hall–Kier alpha value is -2.43. The van der Waals surface area contributed by atoms with Gasteiger partial charge in [0.25, 0.3) is 0 Å². The van der Waals surface area contributed by atoms with Crippen LogP contribution < -0.4 is 10.6 Å². The van der Waals surface area contributed by atoms with Gasteiger partial charge >= 0.3 is 6.18 Å². The summed E-state index contributed by atoms with van der Waals surface area (Å²) in [6.45, 7) is 1.25. The van der Waals surface area contributed by atoms with Crippen LogP contribution in [-0.4, -0.2) is 57.0 Å². The third kappa shape index (κ3) is 4.35. The Morgan fingerprint density at radius 2 is 1.90 bits per heavy atom. The highest BCUT2D eigenvalue weighted by Crippen LogP contribution is 2.34. The van der Waals surface area contributed by atoms with Crippen LogP contribution in [0.2, 0.25) is 0 Å². The molecule has 0 amide bonds. The van der Waals surface area contributed by atoms with Crippen LogP contribution in [0.1, 0.15) is 43.7 Å². The number of hydrogen-bond acceptors (Lipinski definition) is 6. The number of rotatable bonds is 5. The van der Waals surface area contributed by atoms with Crippen molar-refractivity contribution in [1.82, 2.24) is 24.6 Å². The summed E-state index contributed by atoms with van der Waals surface area (Å²) in [5.74, 6) is -0.324. The summed E-state index contributed by atoms with van der Waals surface area (Å²) in [6.07, 6.45) is 3.69. The highest BCUT2D eigenvalue weighted by Gasteiger charge is 2.36. The van der Waals surface area contributed by atoms with Gasteiger partial charge in [-0.2, -0.15) is 23.3 Å². The van der Waals surface area contributed by atoms with E-state index < -0.39 is 17.9 Å². The first-order chi connectivity index (χ1) is 14.3. The maximum Gasteiger partial charge on any atom is 0.421 e. The number of halogens is 4. The van der Waals surface area contributed by atoms with Crippen molar-refractivity contribution in [2.75, 3.05) is 30.8 Å². The molecular formula is C19H25F4N7. The molecule has 1 saturated carbocycles. The van der Waals surface area contributed by atoms with Crippen LogP contribution in [0.15, 0.2) is 18.6 Å². The molecule has 1 aliphatic carbocycles. The predicted molar refractivity (Wildman–Crippen MR) is 104 cm³/mol. The van der Waals surface area contributed by atoms with Gasteiger partial charge in [0.05, 0.1) is 17.9 Å². The normalized spacial score (nSPS) is 23.6. The van der Waals surface area contributed by atoms with E-state index in [4.69, 9.17) is 0 Å². The van der Waals surface area contributed by atoms with Crippen LogP contribution >= 0.6 is 0 Å². The Morgan fingerprint density at radius 3 is 2.57 bits per heavy atom. The molecule has 1 aliphatic heterocycles. The van der Waals surface area contributed by atoms with Crippen molar-refractivity contribution in [2.45, 2.75) is 56.5 Å². The second kappa shape index (κ2) is 8.37. The summed E-state index contributed by atoms with van der Waals surface area (Å²) in [5.41, 5.74) is -0.456. The van der Waals surface area contributed by atoms with Gasteiger partial charge in [-0.3, -0.25) is 9.58 Å². The van der Waals surface area contributed by atoms with Gasteiger partial charge in [-0.1, -0.05) is 12.8 Å². The maximum atomic E-state index is 14.9. The van der Waals surface area contributed by atoms with Crippen LogP contribution in [0.25, 0.3) is 0 Å². The summed E-state index contributed by atoms with van der Waals surface area (Å²) < 4.78 is 55.4. The van der Waals surface area contributed by atoms with Gasteiger partial charge in [-0.25, -0.2) is 9.37 Å². The molecule has 3 heterocycles. The molecule has 4 rings (SSSR count). The van der Waals surface area contributed by atoms with Crippen molar-refractivity contribution in [1.29, 1.82) is 0 Å². The molecule has 2 aliphatic rings. The van der Waals surface area contributed by atoms with Crippen molar-refractivity contribution in [2.24, 2.45) is 0 Å². The van der Waals surface area contributed by atoms with Crippen molar-refractivity contribution in [3.8, 4) is 0 Å². The number of piperidine rings is 1. The third-order valence-electron chi connectivity index (χ3n) is 5.91. The van der Waals surface area contributed by atoms with Crippen LogP contribution in [0.5, 0.6) is 0 Å². The molecule has 30 heavy (non-hydrogen) atoms. The smallest absolute Gasteiger partial charge is 0.372 e. The van der Waals surface area contributed by atoms with E-state index in [1.807, 2.05) is 0 Å². The summed E-state index contributed by atoms with van der Waals surface area (Å²) in [7, 11) is 1.36. The summed E-state index contributed by atoms with van der Waals surface area (Å²) in [6, 6.07) is 0.136. The Balaban J connectivity index is 1.42. The molecule has 0 aromatic carbocycles. The van der Waals surface area contributed by atoms with E-state index in [1.54, 1.807) is 10.9 Å². The lowest BCUT2D eigenvalue weighted by molar-refractivity contribution is -0.137. The lowest BCUT2D eigenvalue weighted by Gasteiger charge is -2.38. The van der Waals surface area contributed by atoms with Crippen molar-refractivity contribution >= 4 is 17.5 Å². The molecule has 2 atom stereocenters. The molecule has 2 N–H and O–H groups in total. The maximum absolute atomic E-state index is 14.9. The highest BCUT2D eigenvalue weighted by atomic mass is 19.4.